The molecule has 0 spiro atoms. The highest BCUT2D eigenvalue weighted by Crippen LogP contribution is 2.21. The van der Waals surface area contributed by atoms with Crippen LogP contribution in [0.4, 0.5) is 0 Å². The van der Waals surface area contributed by atoms with Crippen LogP contribution >= 0.6 is 0 Å². The van der Waals surface area contributed by atoms with Crippen LogP contribution in [0.5, 0.6) is 0 Å². The van der Waals surface area contributed by atoms with Crippen LogP contribution in [0.2, 0.25) is 0 Å². The van der Waals surface area contributed by atoms with Crippen LogP contribution in [0.1, 0.15) is 58.1 Å². The standard InChI is InChI=1S/C17H26N2/c1-13(12-19-14(2)10-17(3,4)5)16-8-6-15(11-18)7-9-16/h6-9,13-14,19H,10,12H2,1-5H3. The van der Waals surface area contributed by atoms with Gasteiger partial charge in [0.25, 0.3) is 0 Å². The number of rotatable bonds is 5. The van der Waals surface area contributed by atoms with Gasteiger partial charge in [-0.25, -0.2) is 0 Å². The SMILES string of the molecule is CC(CC(C)(C)C)NCC(C)c1ccc(C#N)cc1. The molecule has 2 heteroatoms. The lowest BCUT2D eigenvalue weighted by Crippen LogP contribution is -2.32. The Kier molecular flexibility index (Phi) is 5.57. The summed E-state index contributed by atoms with van der Waals surface area (Å²) in [6.45, 7) is 12.3. The molecule has 0 saturated carbocycles. The van der Waals surface area contributed by atoms with Crippen molar-refractivity contribution in [3.05, 3.63) is 35.4 Å². The Bertz CT molecular complexity index is 420. The van der Waals surface area contributed by atoms with Crippen molar-refractivity contribution in [1.82, 2.24) is 5.32 Å². The van der Waals surface area contributed by atoms with Crippen molar-refractivity contribution < 1.29 is 0 Å². The third kappa shape index (κ3) is 5.89. The molecule has 2 nitrogen and oxygen atoms in total. The van der Waals surface area contributed by atoms with E-state index in [2.05, 4.69) is 58.1 Å². The van der Waals surface area contributed by atoms with Gasteiger partial charge in [-0.1, -0.05) is 39.8 Å². The summed E-state index contributed by atoms with van der Waals surface area (Å²) in [4.78, 5) is 0. The van der Waals surface area contributed by atoms with E-state index in [1.165, 1.54) is 12.0 Å². The molecule has 2 unspecified atom stereocenters. The number of hydrogen-bond acceptors (Lipinski definition) is 2. The number of nitrogens with zero attached hydrogens (tertiary/aromatic N) is 1. The number of nitrogens with one attached hydrogen (secondary N) is 1. The second-order valence-electron chi connectivity index (χ2n) is 6.71. The lowest BCUT2D eigenvalue weighted by molar-refractivity contribution is 0.317. The van der Waals surface area contributed by atoms with Gasteiger partial charge in [0.1, 0.15) is 0 Å². The molecule has 0 saturated heterocycles. The van der Waals surface area contributed by atoms with E-state index in [1.54, 1.807) is 0 Å². The number of nitriles is 1. The number of hydrogen-bond donors (Lipinski definition) is 1. The predicted octanol–water partition coefficient (Wildman–Crippen LogP) is 4.08. The molecule has 0 aliphatic carbocycles. The van der Waals surface area contributed by atoms with E-state index in [0.29, 0.717) is 17.4 Å². The minimum atomic E-state index is 0.365. The first-order valence-corrected chi connectivity index (χ1v) is 7.05. The van der Waals surface area contributed by atoms with Crippen molar-refractivity contribution in [3.8, 4) is 6.07 Å². The quantitative estimate of drug-likeness (QED) is 0.864. The zero-order valence-electron chi connectivity index (χ0n) is 12.8. The van der Waals surface area contributed by atoms with Crippen LogP contribution in [-0.2, 0) is 0 Å². The van der Waals surface area contributed by atoms with E-state index in [9.17, 15) is 0 Å². The first-order valence-electron chi connectivity index (χ1n) is 7.05. The molecule has 104 valence electrons. The molecule has 0 aliphatic heterocycles. The third-order valence-corrected chi connectivity index (χ3v) is 3.30. The van der Waals surface area contributed by atoms with Gasteiger partial charge in [0.05, 0.1) is 11.6 Å². The van der Waals surface area contributed by atoms with Crippen LogP contribution in [0, 0.1) is 16.7 Å². The first-order chi connectivity index (χ1) is 8.81. The van der Waals surface area contributed by atoms with Crippen molar-refractivity contribution in [2.24, 2.45) is 5.41 Å². The lowest BCUT2D eigenvalue weighted by atomic mass is 9.88. The fourth-order valence-electron chi connectivity index (χ4n) is 2.37. The lowest BCUT2D eigenvalue weighted by Gasteiger charge is -2.25. The fourth-order valence-corrected chi connectivity index (χ4v) is 2.37. The smallest absolute Gasteiger partial charge is 0.0991 e. The van der Waals surface area contributed by atoms with Gasteiger partial charge in [0.2, 0.25) is 0 Å². The van der Waals surface area contributed by atoms with E-state index in [1.807, 2.05) is 12.1 Å². The minimum Gasteiger partial charge on any atom is -0.314 e. The molecule has 0 amide bonds. The first kappa shape index (κ1) is 15.7. The Hall–Kier alpha value is -1.33. The van der Waals surface area contributed by atoms with Crippen LogP contribution in [0.3, 0.4) is 0 Å². The van der Waals surface area contributed by atoms with E-state index < -0.39 is 0 Å². The number of benzene rings is 1. The molecule has 0 fully saturated rings. The van der Waals surface area contributed by atoms with Gasteiger partial charge in [-0.15, -0.1) is 0 Å². The molecular formula is C17H26N2. The van der Waals surface area contributed by atoms with Crippen molar-refractivity contribution in [2.75, 3.05) is 6.54 Å². The molecule has 1 rings (SSSR count). The molecular weight excluding hydrogens is 232 g/mol. The molecule has 0 bridgehead atoms. The maximum Gasteiger partial charge on any atom is 0.0991 e. The highest BCUT2D eigenvalue weighted by atomic mass is 14.9. The molecule has 0 aromatic heterocycles. The van der Waals surface area contributed by atoms with Gasteiger partial charge < -0.3 is 5.32 Å². The molecule has 1 aromatic carbocycles. The van der Waals surface area contributed by atoms with Gasteiger partial charge in [-0.2, -0.15) is 5.26 Å². The van der Waals surface area contributed by atoms with Gasteiger partial charge in [-0.3, -0.25) is 0 Å². The monoisotopic (exact) mass is 258 g/mol. The largest absolute Gasteiger partial charge is 0.314 e. The normalized spacial score (nSPS) is 14.7. The van der Waals surface area contributed by atoms with Crippen LogP contribution < -0.4 is 5.32 Å². The topological polar surface area (TPSA) is 35.8 Å². The summed E-state index contributed by atoms with van der Waals surface area (Å²) < 4.78 is 0. The Morgan fingerprint density at radius 1 is 1.16 bits per heavy atom. The molecule has 2 atom stereocenters. The summed E-state index contributed by atoms with van der Waals surface area (Å²) in [7, 11) is 0. The highest BCUT2D eigenvalue weighted by molar-refractivity contribution is 5.32. The van der Waals surface area contributed by atoms with Crippen molar-refractivity contribution in [2.45, 2.75) is 53.0 Å². The zero-order chi connectivity index (χ0) is 14.5. The highest BCUT2D eigenvalue weighted by Gasteiger charge is 2.15. The molecule has 0 radical (unpaired) electrons. The van der Waals surface area contributed by atoms with Crippen LogP contribution in [0.25, 0.3) is 0 Å². The van der Waals surface area contributed by atoms with Crippen molar-refractivity contribution in [3.63, 3.8) is 0 Å². The summed E-state index contributed by atoms with van der Waals surface area (Å²) >= 11 is 0. The summed E-state index contributed by atoms with van der Waals surface area (Å²) in [6, 6.07) is 10.6. The van der Waals surface area contributed by atoms with E-state index >= 15 is 0 Å². The third-order valence-electron chi connectivity index (χ3n) is 3.30. The molecule has 0 heterocycles. The van der Waals surface area contributed by atoms with E-state index in [-0.39, 0.29) is 0 Å². The summed E-state index contributed by atoms with van der Waals surface area (Å²) in [5.74, 6) is 0.468. The van der Waals surface area contributed by atoms with Crippen molar-refractivity contribution in [1.29, 1.82) is 5.26 Å². The van der Waals surface area contributed by atoms with Gasteiger partial charge in [0, 0.05) is 12.6 Å². The van der Waals surface area contributed by atoms with E-state index in [0.717, 1.165) is 12.1 Å². The summed E-state index contributed by atoms with van der Waals surface area (Å²) in [5, 5.41) is 12.4. The maximum absolute atomic E-state index is 8.79. The molecule has 19 heavy (non-hydrogen) atoms. The average molecular weight is 258 g/mol. The minimum absolute atomic E-state index is 0.365. The van der Waals surface area contributed by atoms with Gasteiger partial charge >= 0.3 is 0 Å². The maximum atomic E-state index is 8.79. The molecule has 1 N–H and O–H groups in total. The summed E-state index contributed by atoms with van der Waals surface area (Å²) in [5.41, 5.74) is 2.38. The average Bonchev–Trinajstić information content (AvgIpc) is 2.34. The van der Waals surface area contributed by atoms with Crippen molar-refractivity contribution >= 4 is 0 Å². The summed E-state index contributed by atoms with van der Waals surface area (Å²) in [6.07, 6.45) is 1.17. The second-order valence-corrected chi connectivity index (χ2v) is 6.71. The van der Waals surface area contributed by atoms with Crippen LogP contribution in [-0.4, -0.2) is 12.6 Å². The Morgan fingerprint density at radius 2 is 1.74 bits per heavy atom. The second kappa shape index (κ2) is 6.73. The van der Waals surface area contributed by atoms with Gasteiger partial charge in [-0.05, 0) is 42.4 Å². The zero-order valence-corrected chi connectivity index (χ0v) is 12.8. The molecule has 0 aliphatic rings. The fraction of sp³-hybridized carbons (Fsp3) is 0.588. The van der Waals surface area contributed by atoms with E-state index in [4.69, 9.17) is 5.26 Å². The Morgan fingerprint density at radius 3 is 2.21 bits per heavy atom. The van der Waals surface area contributed by atoms with Gasteiger partial charge in [0.15, 0.2) is 0 Å². The molecule has 1 aromatic rings. The van der Waals surface area contributed by atoms with Crippen LogP contribution in [0.15, 0.2) is 24.3 Å². The predicted molar refractivity (Wildman–Crippen MR) is 81.1 cm³/mol. The Labute approximate surface area is 117 Å². The Balaban J connectivity index is 2.46.